The zero-order valence-corrected chi connectivity index (χ0v) is 22.2. The second-order valence-corrected chi connectivity index (χ2v) is 8.81. The summed E-state index contributed by atoms with van der Waals surface area (Å²) in [5.74, 6) is -0.251. The van der Waals surface area contributed by atoms with E-state index in [9.17, 15) is 9.59 Å². The molecule has 0 spiro atoms. The van der Waals surface area contributed by atoms with Crippen LogP contribution in [0.1, 0.15) is 27.2 Å². The van der Waals surface area contributed by atoms with E-state index in [2.05, 4.69) is 25.7 Å². The summed E-state index contributed by atoms with van der Waals surface area (Å²) in [5, 5.41) is 10.5. The Hall–Kier alpha value is -5.38. The highest BCUT2D eigenvalue weighted by Crippen LogP contribution is 2.32. The molecule has 0 saturated carbocycles. The van der Waals surface area contributed by atoms with Crippen LogP contribution in [0.5, 0.6) is 5.88 Å². The maximum absolute atomic E-state index is 13.8. The summed E-state index contributed by atoms with van der Waals surface area (Å²) < 4.78 is 6.99. The molecule has 0 radical (unpaired) electrons. The van der Waals surface area contributed by atoms with Crippen molar-refractivity contribution < 1.29 is 14.3 Å². The van der Waals surface area contributed by atoms with Crippen molar-refractivity contribution in [3.05, 3.63) is 108 Å². The summed E-state index contributed by atoms with van der Waals surface area (Å²) in [7, 11) is 3.32. The van der Waals surface area contributed by atoms with Gasteiger partial charge in [0.05, 0.1) is 18.4 Å². The van der Waals surface area contributed by atoms with Crippen LogP contribution in [-0.2, 0) is 4.79 Å². The van der Waals surface area contributed by atoms with E-state index in [1.54, 1.807) is 30.6 Å². The highest BCUT2D eigenvalue weighted by atomic mass is 16.5. The minimum Gasteiger partial charge on any atom is -0.480 e. The first-order chi connectivity index (χ1) is 19.5. The minimum absolute atomic E-state index is 0.170. The highest BCUT2D eigenvalue weighted by molar-refractivity contribution is 6.16. The largest absolute Gasteiger partial charge is 0.480 e. The SMILES string of the molecule is CNc1ccccc1/C(=N\C(C=O)NC(=O)c1c(-c2ccc(C)nc2OC)nn2cccnc12)c1ccccc1. The summed E-state index contributed by atoms with van der Waals surface area (Å²) in [4.78, 5) is 39.7. The highest BCUT2D eigenvalue weighted by Gasteiger charge is 2.26. The molecule has 5 rings (SSSR count). The number of aromatic nitrogens is 4. The van der Waals surface area contributed by atoms with E-state index in [1.807, 2.05) is 68.6 Å². The number of para-hydroxylation sites is 1. The van der Waals surface area contributed by atoms with E-state index in [0.29, 0.717) is 34.8 Å². The van der Waals surface area contributed by atoms with Crippen molar-refractivity contribution in [2.45, 2.75) is 13.1 Å². The van der Waals surface area contributed by atoms with Gasteiger partial charge < -0.3 is 15.4 Å². The van der Waals surface area contributed by atoms with E-state index in [-0.39, 0.29) is 5.56 Å². The van der Waals surface area contributed by atoms with Crippen molar-refractivity contribution in [1.29, 1.82) is 0 Å². The molecule has 200 valence electrons. The number of aldehydes is 1. The minimum atomic E-state index is -1.20. The van der Waals surface area contributed by atoms with E-state index < -0.39 is 12.1 Å². The molecule has 40 heavy (non-hydrogen) atoms. The number of rotatable bonds is 9. The predicted molar refractivity (Wildman–Crippen MR) is 153 cm³/mol. The number of carbonyl (C=O) groups is 2. The Morgan fingerprint density at radius 3 is 2.58 bits per heavy atom. The lowest BCUT2D eigenvalue weighted by atomic mass is 10.0. The third kappa shape index (κ3) is 5.14. The van der Waals surface area contributed by atoms with Crippen LogP contribution in [0.15, 0.2) is 90.2 Å². The standard InChI is InChI=1S/C30H27N7O3/c1-19-14-15-22(30(33-19)40-3)27-25(28-32-16-9-17-37(28)36-27)29(39)35-24(18-38)34-26(20-10-5-4-6-11-20)21-12-7-8-13-23(21)31-2/h4-18,24,31H,1-3H3,(H,35,39)/b34-26-. The van der Waals surface area contributed by atoms with Crippen LogP contribution in [0.4, 0.5) is 5.69 Å². The van der Waals surface area contributed by atoms with Crippen LogP contribution in [0.2, 0.25) is 0 Å². The van der Waals surface area contributed by atoms with Crippen molar-refractivity contribution in [3.63, 3.8) is 0 Å². The Bertz CT molecular complexity index is 1710. The number of amides is 1. The summed E-state index contributed by atoms with van der Waals surface area (Å²) in [6.45, 7) is 1.84. The summed E-state index contributed by atoms with van der Waals surface area (Å²) >= 11 is 0. The van der Waals surface area contributed by atoms with Crippen molar-refractivity contribution in [1.82, 2.24) is 24.9 Å². The molecule has 0 aliphatic rings. The lowest BCUT2D eigenvalue weighted by Crippen LogP contribution is -2.36. The van der Waals surface area contributed by atoms with Gasteiger partial charge in [-0.1, -0.05) is 48.5 Å². The normalized spacial score (nSPS) is 12.1. The average Bonchev–Trinajstić information content (AvgIpc) is 3.39. The van der Waals surface area contributed by atoms with Gasteiger partial charge in [0.1, 0.15) is 11.3 Å². The predicted octanol–water partition coefficient (Wildman–Crippen LogP) is 3.94. The van der Waals surface area contributed by atoms with Crippen LogP contribution in [0.25, 0.3) is 16.9 Å². The Balaban J connectivity index is 1.60. The zero-order chi connectivity index (χ0) is 28.1. The van der Waals surface area contributed by atoms with Gasteiger partial charge in [-0.2, -0.15) is 5.10 Å². The monoisotopic (exact) mass is 533 g/mol. The summed E-state index contributed by atoms with van der Waals surface area (Å²) in [5.41, 5.74) is 5.02. The fourth-order valence-corrected chi connectivity index (χ4v) is 4.40. The molecule has 1 unspecified atom stereocenters. The topological polar surface area (TPSA) is 123 Å². The number of aryl methyl sites for hydroxylation is 1. The number of ether oxygens (including phenoxy) is 1. The number of fused-ring (bicyclic) bond motifs is 1. The maximum atomic E-state index is 13.8. The fourth-order valence-electron chi connectivity index (χ4n) is 4.40. The lowest BCUT2D eigenvalue weighted by molar-refractivity contribution is -0.109. The second-order valence-electron chi connectivity index (χ2n) is 8.81. The van der Waals surface area contributed by atoms with Crippen LogP contribution >= 0.6 is 0 Å². The third-order valence-electron chi connectivity index (χ3n) is 6.25. The van der Waals surface area contributed by atoms with Crippen LogP contribution < -0.4 is 15.4 Å². The Morgan fingerprint density at radius 2 is 1.82 bits per heavy atom. The molecule has 0 saturated heterocycles. The molecule has 0 aliphatic heterocycles. The third-order valence-corrected chi connectivity index (χ3v) is 6.25. The Morgan fingerprint density at radius 1 is 1.05 bits per heavy atom. The molecule has 0 aliphatic carbocycles. The summed E-state index contributed by atoms with van der Waals surface area (Å²) in [6.07, 6.45) is 2.65. The fraction of sp³-hybridized carbons (Fsp3) is 0.133. The number of pyridine rings is 1. The number of nitrogens with one attached hydrogen (secondary N) is 2. The molecule has 1 atom stereocenters. The number of benzene rings is 2. The Kier molecular flexibility index (Phi) is 7.58. The van der Waals surface area contributed by atoms with Gasteiger partial charge in [0.15, 0.2) is 18.1 Å². The average molecular weight is 534 g/mol. The molecular formula is C30H27N7O3. The van der Waals surface area contributed by atoms with Gasteiger partial charge in [0.25, 0.3) is 5.91 Å². The lowest BCUT2D eigenvalue weighted by Gasteiger charge is -2.16. The van der Waals surface area contributed by atoms with Gasteiger partial charge in [0.2, 0.25) is 5.88 Å². The van der Waals surface area contributed by atoms with Crippen molar-refractivity contribution in [3.8, 4) is 17.1 Å². The van der Waals surface area contributed by atoms with Crippen molar-refractivity contribution in [2.24, 2.45) is 4.99 Å². The molecule has 3 heterocycles. The number of methoxy groups -OCH3 is 1. The van der Waals surface area contributed by atoms with Crippen LogP contribution in [0.3, 0.4) is 0 Å². The zero-order valence-electron chi connectivity index (χ0n) is 22.2. The number of carbonyl (C=O) groups excluding carboxylic acids is 2. The number of nitrogens with zero attached hydrogens (tertiary/aromatic N) is 5. The number of anilines is 1. The molecule has 5 aromatic rings. The molecule has 10 heteroatoms. The second kappa shape index (κ2) is 11.6. The Labute approximate surface area is 230 Å². The molecule has 0 fully saturated rings. The molecule has 2 aromatic carbocycles. The summed E-state index contributed by atoms with van der Waals surface area (Å²) in [6, 6.07) is 22.4. The van der Waals surface area contributed by atoms with Crippen molar-refractivity contribution >= 4 is 29.2 Å². The number of aliphatic imine (C=N–C) groups is 1. The van der Waals surface area contributed by atoms with Crippen LogP contribution in [0, 0.1) is 6.92 Å². The first-order valence-corrected chi connectivity index (χ1v) is 12.6. The van der Waals surface area contributed by atoms with Gasteiger partial charge in [-0.25, -0.2) is 14.5 Å². The van der Waals surface area contributed by atoms with Gasteiger partial charge in [0, 0.05) is 41.9 Å². The molecular weight excluding hydrogens is 506 g/mol. The van der Waals surface area contributed by atoms with Crippen molar-refractivity contribution in [2.75, 3.05) is 19.5 Å². The van der Waals surface area contributed by atoms with Gasteiger partial charge in [-0.15, -0.1) is 0 Å². The first kappa shape index (κ1) is 26.2. The van der Waals surface area contributed by atoms with E-state index in [1.165, 1.54) is 11.6 Å². The van der Waals surface area contributed by atoms with Gasteiger partial charge >= 0.3 is 0 Å². The number of hydrogen-bond donors (Lipinski definition) is 2. The quantitative estimate of drug-likeness (QED) is 0.217. The van der Waals surface area contributed by atoms with Gasteiger partial charge in [-0.3, -0.25) is 14.6 Å². The van der Waals surface area contributed by atoms with E-state index in [0.717, 1.165) is 22.5 Å². The van der Waals surface area contributed by atoms with E-state index in [4.69, 9.17) is 9.73 Å². The first-order valence-electron chi connectivity index (χ1n) is 12.6. The molecule has 3 aromatic heterocycles. The van der Waals surface area contributed by atoms with Gasteiger partial charge in [-0.05, 0) is 31.2 Å². The maximum Gasteiger partial charge on any atom is 0.259 e. The van der Waals surface area contributed by atoms with E-state index >= 15 is 0 Å². The molecule has 10 nitrogen and oxygen atoms in total. The van der Waals surface area contributed by atoms with Crippen LogP contribution in [-0.4, -0.2) is 57.8 Å². The molecule has 1 amide bonds. The number of hydrogen-bond acceptors (Lipinski definition) is 8. The molecule has 2 N–H and O–H groups in total. The molecule has 0 bridgehead atoms. The smallest absolute Gasteiger partial charge is 0.259 e.